The van der Waals surface area contributed by atoms with Crippen molar-refractivity contribution in [2.75, 3.05) is 0 Å². The van der Waals surface area contributed by atoms with Crippen LogP contribution in [0, 0.1) is 11.3 Å². The first-order valence-electron chi connectivity index (χ1n) is 7.22. The van der Waals surface area contributed by atoms with E-state index in [2.05, 4.69) is 14.9 Å². The van der Waals surface area contributed by atoms with Crippen LogP contribution in [0.15, 0.2) is 41.4 Å². The van der Waals surface area contributed by atoms with Crippen LogP contribution in [0.25, 0.3) is 5.65 Å². The summed E-state index contributed by atoms with van der Waals surface area (Å²) in [5.74, 6) is -0.0852. The molecule has 0 bridgehead atoms. The number of rotatable bonds is 4. The summed E-state index contributed by atoms with van der Waals surface area (Å²) in [6.07, 6.45) is -3.91. The smallest absolute Gasteiger partial charge is 0.283 e. The van der Waals surface area contributed by atoms with Gasteiger partial charge in [0, 0.05) is 6.20 Å². The van der Waals surface area contributed by atoms with Gasteiger partial charge in [-0.05, 0) is 24.3 Å². The third-order valence-electron chi connectivity index (χ3n) is 3.55. The second-order valence-electron chi connectivity index (χ2n) is 5.35. The lowest BCUT2D eigenvalue weighted by Crippen LogP contribution is -2.24. The number of pyridine rings is 1. The van der Waals surface area contributed by atoms with Gasteiger partial charge in [-0.1, -0.05) is 17.7 Å². The van der Waals surface area contributed by atoms with Crippen LogP contribution in [-0.2, 0) is 22.7 Å². The summed E-state index contributed by atoms with van der Waals surface area (Å²) in [5, 5.41) is 16.0. The molecule has 0 saturated heterocycles. The number of alkyl halides is 3. The van der Waals surface area contributed by atoms with Crippen molar-refractivity contribution in [2.45, 2.75) is 17.6 Å². The summed E-state index contributed by atoms with van der Waals surface area (Å²) in [7, 11) is -4.02. The number of hydrogen-bond donors (Lipinski definition) is 1. The SMILES string of the molecule is N#Cc1cccc(S(=O)(=O)NCc2nnc3c(Cl)cc(C(F)(F)F)cn23)c1. The first-order valence-corrected chi connectivity index (χ1v) is 9.08. The molecule has 2 aromatic heterocycles. The predicted octanol–water partition coefficient (Wildman–Crippen LogP) is 2.75. The number of nitriles is 1. The van der Waals surface area contributed by atoms with Gasteiger partial charge in [-0.25, -0.2) is 13.1 Å². The second kappa shape index (κ2) is 6.80. The quantitative estimate of drug-likeness (QED) is 0.706. The number of benzene rings is 1. The van der Waals surface area contributed by atoms with E-state index in [9.17, 15) is 21.6 Å². The van der Waals surface area contributed by atoms with E-state index >= 15 is 0 Å². The molecule has 1 N–H and O–H groups in total. The van der Waals surface area contributed by atoms with Crippen molar-refractivity contribution < 1.29 is 21.6 Å². The van der Waals surface area contributed by atoms with Crippen LogP contribution in [0.3, 0.4) is 0 Å². The number of fused-ring (bicyclic) bond motifs is 1. The Hall–Kier alpha value is -2.68. The lowest BCUT2D eigenvalue weighted by atomic mass is 10.2. The summed E-state index contributed by atoms with van der Waals surface area (Å²) >= 11 is 5.81. The molecule has 0 fully saturated rings. The standard InChI is InChI=1S/C15H9ClF3N5O2S/c16-12-5-10(15(17,18)19)8-24-13(22-23-14(12)24)7-21-27(25,26)11-3-1-2-9(4-11)6-20/h1-5,8,21H,7H2. The van der Waals surface area contributed by atoms with Gasteiger partial charge >= 0.3 is 6.18 Å². The average Bonchev–Trinajstić information content (AvgIpc) is 3.03. The van der Waals surface area contributed by atoms with Gasteiger partial charge in [0.25, 0.3) is 0 Å². The monoisotopic (exact) mass is 415 g/mol. The van der Waals surface area contributed by atoms with Crippen molar-refractivity contribution in [1.29, 1.82) is 5.26 Å². The Morgan fingerprint density at radius 2 is 2.00 bits per heavy atom. The van der Waals surface area contributed by atoms with Crippen LogP contribution in [0.5, 0.6) is 0 Å². The van der Waals surface area contributed by atoms with E-state index in [4.69, 9.17) is 16.9 Å². The van der Waals surface area contributed by atoms with Crippen molar-refractivity contribution in [1.82, 2.24) is 19.3 Å². The second-order valence-corrected chi connectivity index (χ2v) is 7.52. The molecule has 3 rings (SSSR count). The van der Waals surface area contributed by atoms with Crippen molar-refractivity contribution in [3.05, 3.63) is 58.5 Å². The molecule has 0 saturated carbocycles. The zero-order chi connectivity index (χ0) is 19.8. The Balaban J connectivity index is 1.93. The van der Waals surface area contributed by atoms with E-state index in [-0.39, 0.29) is 27.0 Å². The van der Waals surface area contributed by atoms with Gasteiger partial charge in [0.15, 0.2) is 11.5 Å². The van der Waals surface area contributed by atoms with Crippen molar-refractivity contribution in [3.63, 3.8) is 0 Å². The molecule has 7 nitrogen and oxygen atoms in total. The van der Waals surface area contributed by atoms with E-state index < -0.39 is 28.3 Å². The molecule has 0 amide bonds. The molecule has 0 aliphatic heterocycles. The maximum absolute atomic E-state index is 13.0. The fourth-order valence-corrected chi connectivity index (χ4v) is 3.52. The molecule has 140 valence electrons. The van der Waals surface area contributed by atoms with E-state index in [1.807, 2.05) is 6.07 Å². The van der Waals surface area contributed by atoms with Gasteiger partial charge in [0.2, 0.25) is 10.0 Å². The highest BCUT2D eigenvalue weighted by Crippen LogP contribution is 2.32. The zero-order valence-corrected chi connectivity index (χ0v) is 14.8. The van der Waals surface area contributed by atoms with Crippen LogP contribution in [0.1, 0.15) is 17.0 Å². The highest BCUT2D eigenvalue weighted by atomic mass is 35.5. The van der Waals surface area contributed by atoms with Gasteiger partial charge in [-0.2, -0.15) is 18.4 Å². The summed E-state index contributed by atoms with van der Waals surface area (Å²) in [5.41, 5.74) is -0.914. The minimum atomic E-state index is -4.64. The van der Waals surface area contributed by atoms with Crippen LogP contribution < -0.4 is 4.72 Å². The number of sulfonamides is 1. The van der Waals surface area contributed by atoms with Gasteiger partial charge in [0.1, 0.15) is 0 Å². The van der Waals surface area contributed by atoms with Gasteiger partial charge in [0.05, 0.1) is 33.7 Å². The summed E-state index contributed by atoms with van der Waals surface area (Å²) < 4.78 is 66.7. The Kier molecular flexibility index (Phi) is 4.81. The minimum absolute atomic E-state index is 0.0367. The van der Waals surface area contributed by atoms with Gasteiger partial charge in [-0.15, -0.1) is 10.2 Å². The normalized spacial score (nSPS) is 12.3. The fourth-order valence-electron chi connectivity index (χ4n) is 2.25. The topological polar surface area (TPSA) is 100 Å². The number of nitrogens with zero attached hydrogens (tertiary/aromatic N) is 4. The first-order chi connectivity index (χ1) is 12.6. The molecule has 0 spiro atoms. The molecule has 2 heterocycles. The van der Waals surface area contributed by atoms with Crippen LogP contribution in [0.4, 0.5) is 13.2 Å². The molecule has 0 atom stereocenters. The molecule has 0 aliphatic rings. The number of nitrogens with one attached hydrogen (secondary N) is 1. The third kappa shape index (κ3) is 3.87. The highest BCUT2D eigenvalue weighted by molar-refractivity contribution is 7.89. The van der Waals surface area contributed by atoms with E-state index in [1.54, 1.807) is 0 Å². The molecule has 3 aromatic rings. The Labute approximate surface area is 156 Å². The molecule has 12 heteroatoms. The Morgan fingerprint density at radius 3 is 2.67 bits per heavy atom. The van der Waals surface area contributed by atoms with Crippen molar-refractivity contribution >= 4 is 27.3 Å². The van der Waals surface area contributed by atoms with E-state index in [0.29, 0.717) is 6.07 Å². The molecule has 0 unspecified atom stereocenters. The molecule has 27 heavy (non-hydrogen) atoms. The first kappa shape index (κ1) is 19.1. The third-order valence-corrected chi connectivity index (χ3v) is 5.23. The highest BCUT2D eigenvalue weighted by Gasteiger charge is 2.32. The van der Waals surface area contributed by atoms with Crippen molar-refractivity contribution in [2.24, 2.45) is 0 Å². The van der Waals surface area contributed by atoms with Gasteiger partial charge < -0.3 is 0 Å². The lowest BCUT2D eigenvalue weighted by Gasteiger charge is -2.09. The fraction of sp³-hybridized carbons (Fsp3) is 0.133. The largest absolute Gasteiger partial charge is 0.417 e. The number of hydrogen-bond acceptors (Lipinski definition) is 5. The van der Waals surface area contributed by atoms with Crippen LogP contribution in [0.2, 0.25) is 5.02 Å². The average molecular weight is 416 g/mol. The molecular formula is C15H9ClF3N5O2S. The van der Waals surface area contributed by atoms with E-state index in [0.717, 1.165) is 10.6 Å². The summed E-state index contributed by atoms with van der Waals surface area (Å²) in [6, 6.07) is 7.82. The van der Waals surface area contributed by atoms with Gasteiger partial charge in [-0.3, -0.25) is 4.40 Å². The van der Waals surface area contributed by atoms with E-state index in [1.165, 1.54) is 24.3 Å². The Bertz CT molecular complexity index is 1170. The van der Waals surface area contributed by atoms with Crippen LogP contribution >= 0.6 is 11.6 Å². The maximum Gasteiger partial charge on any atom is 0.417 e. The zero-order valence-electron chi connectivity index (χ0n) is 13.2. The summed E-state index contributed by atoms with van der Waals surface area (Å²) in [4.78, 5) is -0.163. The molecule has 0 radical (unpaired) electrons. The molecule has 0 aliphatic carbocycles. The number of halogens is 4. The van der Waals surface area contributed by atoms with Crippen molar-refractivity contribution in [3.8, 4) is 6.07 Å². The molecular weight excluding hydrogens is 407 g/mol. The maximum atomic E-state index is 13.0. The lowest BCUT2D eigenvalue weighted by molar-refractivity contribution is -0.137. The molecule has 1 aromatic carbocycles. The number of aromatic nitrogens is 3. The minimum Gasteiger partial charge on any atom is -0.283 e. The van der Waals surface area contributed by atoms with Crippen LogP contribution in [-0.4, -0.2) is 23.0 Å². The predicted molar refractivity (Wildman–Crippen MR) is 88.2 cm³/mol. The Morgan fingerprint density at radius 1 is 1.26 bits per heavy atom. The summed E-state index contributed by atoms with van der Waals surface area (Å²) in [6.45, 7) is -0.433.